The highest BCUT2D eigenvalue weighted by atomic mass is 19.4. The van der Waals surface area contributed by atoms with E-state index in [9.17, 15) is 13.2 Å². The number of fused-ring (bicyclic) bond motifs is 3. The molecule has 0 atom stereocenters. The minimum atomic E-state index is -4.32. The van der Waals surface area contributed by atoms with Crippen LogP contribution in [0.3, 0.4) is 0 Å². The molecule has 0 spiro atoms. The Kier molecular flexibility index (Phi) is 4.73. The Hall–Kier alpha value is -2.99. The molecule has 1 aliphatic rings. The van der Waals surface area contributed by atoms with E-state index in [-0.39, 0.29) is 0 Å². The van der Waals surface area contributed by atoms with Crippen LogP contribution in [0, 0.1) is 11.8 Å². The SMILES string of the molecule is CCc1ccc2c(c1)CCc1cc(C#Cc3ccc(C(F)(F)F)cc3)ccc1-2. The summed E-state index contributed by atoms with van der Waals surface area (Å²) in [5.41, 5.74) is 7.38. The molecule has 4 rings (SSSR count). The Morgan fingerprint density at radius 2 is 1.32 bits per heavy atom. The molecule has 3 heteroatoms. The van der Waals surface area contributed by atoms with E-state index < -0.39 is 11.7 Å². The predicted molar refractivity (Wildman–Crippen MR) is 106 cm³/mol. The second-order valence-corrected chi connectivity index (χ2v) is 7.04. The lowest BCUT2D eigenvalue weighted by molar-refractivity contribution is -0.137. The Morgan fingerprint density at radius 3 is 1.96 bits per heavy atom. The third-order valence-electron chi connectivity index (χ3n) is 5.20. The van der Waals surface area contributed by atoms with Crippen molar-refractivity contribution in [1.29, 1.82) is 0 Å². The monoisotopic (exact) mass is 376 g/mol. The van der Waals surface area contributed by atoms with Crippen LogP contribution in [0.2, 0.25) is 0 Å². The topological polar surface area (TPSA) is 0 Å². The van der Waals surface area contributed by atoms with E-state index in [1.807, 2.05) is 6.07 Å². The van der Waals surface area contributed by atoms with Gasteiger partial charge in [-0.2, -0.15) is 13.2 Å². The zero-order chi connectivity index (χ0) is 19.7. The van der Waals surface area contributed by atoms with Crippen LogP contribution in [0.1, 0.15) is 40.3 Å². The number of hydrogen-bond donors (Lipinski definition) is 0. The van der Waals surface area contributed by atoms with Crippen molar-refractivity contribution in [2.45, 2.75) is 32.4 Å². The number of hydrogen-bond acceptors (Lipinski definition) is 0. The number of aryl methyl sites for hydroxylation is 3. The molecule has 0 unspecified atom stereocenters. The van der Waals surface area contributed by atoms with Gasteiger partial charge in [-0.15, -0.1) is 0 Å². The van der Waals surface area contributed by atoms with Crippen LogP contribution in [0.5, 0.6) is 0 Å². The highest BCUT2D eigenvalue weighted by Crippen LogP contribution is 2.34. The van der Waals surface area contributed by atoms with Gasteiger partial charge in [-0.25, -0.2) is 0 Å². The molecule has 1 aliphatic carbocycles. The summed E-state index contributed by atoms with van der Waals surface area (Å²) in [6.45, 7) is 2.17. The van der Waals surface area contributed by atoms with Gasteiger partial charge in [0.25, 0.3) is 0 Å². The molecule has 3 aromatic carbocycles. The van der Waals surface area contributed by atoms with E-state index >= 15 is 0 Å². The Morgan fingerprint density at radius 1 is 0.750 bits per heavy atom. The second kappa shape index (κ2) is 7.20. The summed E-state index contributed by atoms with van der Waals surface area (Å²) in [5, 5.41) is 0. The van der Waals surface area contributed by atoms with Gasteiger partial charge < -0.3 is 0 Å². The Bertz CT molecular complexity index is 1080. The zero-order valence-electron chi connectivity index (χ0n) is 15.5. The van der Waals surface area contributed by atoms with E-state index in [0.29, 0.717) is 5.56 Å². The van der Waals surface area contributed by atoms with Crippen molar-refractivity contribution >= 4 is 0 Å². The number of alkyl halides is 3. The summed E-state index contributed by atoms with van der Waals surface area (Å²) >= 11 is 0. The molecule has 3 aromatic rings. The molecule has 0 radical (unpaired) electrons. The predicted octanol–water partition coefficient (Wildman–Crippen LogP) is 6.43. The Labute approximate surface area is 163 Å². The minimum absolute atomic E-state index is 0.572. The lowest BCUT2D eigenvalue weighted by Gasteiger charge is -2.20. The first-order valence-corrected chi connectivity index (χ1v) is 9.38. The van der Waals surface area contributed by atoms with Crippen LogP contribution in [0.15, 0.2) is 60.7 Å². The maximum atomic E-state index is 12.6. The first kappa shape index (κ1) is 18.4. The van der Waals surface area contributed by atoms with Crippen molar-refractivity contribution in [3.63, 3.8) is 0 Å². The lowest BCUT2D eigenvalue weighted by atomic mass is 9.84. The summed E-state index contributed by atoms with van der Waals surface area (Å²) in [7, 11) is 0. The summed E-state index contributed by atoms with van der Waals surface area (Å²) in [6.07, 6.45) is -1.28. The number of halogens is 3. The molecule has 0 nitrogen and oxygen atoms in total. The van der Waals surface area contributed by atoms with Crippen molar-refractivity contribution in [2.24, 2.45) is 0 Å². The highest BCUT2D eigenvalue weighted by molar-refractivity contribution is 5.74. The fourth-order valence-electron chi connectivity index (χ4n) is 3.63. The van der Waals surface area contributed by atoms with Crippen molar-refractivity contribution in [3.05, 3.63) is 94.0 Å². The van der Waals surface area contributed by atoms with Crippen LogP contribution < -0.4 is 0 Å². The molecule has 0 saturated heterocycles. The summed E-state index contributed by atoms with van der Waals surface area (Å²) in [4.78, 5) is 0. The molecule has 0 aromatic heterocycles. The molecule has 140 valence electrons. The van der Waals surface area contributed by atoms with E-state index in [4.69, 9.17) is 0 Å². The molecule has 0 fully saturated rings. The maximum absolute atomic E-state index is 12.6. The molecule has 0 N–H and O–H groups in total. The average molecular weight is 376 g/mol. The molecule has 0 amide bonds. The molecule has 28 heavy (non-hydrogen) atoms. The summed E-state index contributed by atoms with van der Waals surface area (Å²) in [6, 6.07) is 17.8. The van der Waals surface area contributed by atoms with Gasteiger partial charge in [0.1, 0.15) is 0 Å². The third kappa shape index (κ3) is 3.68. The van der Waals surface area contributed by atoms with Crippen LogP contribution >= 0.6 is 0 Å². The van der Waals surface area contributed by atoms with Gasteiger partial charge in [-0.1, -0.05) is 43.0 Å². The van der Waals surface area contributed by atoms with Crippen molar-refractivity contribution in [3.8, 4) is 23.0 Å². The molecule has 0 bridgehead atoms. The van der Waals surface area contributed by atoms with Crippen molar-refractivity contribution in [1.82, 2.24) is 0 Å². The number of benzene rings is 3. The molecular weight excluding hydrogens is 357 g/mol. The van der Waals surface area contributed by atoms with Gasteiger partial charge in [-0.3, -0.25) is 0 Å². The van der Waals surface area contributed by atoms with Crippen molar-refractivity contribution < 1.29 is 13.2 Å². The standard InChI is InChI=1S/C25H19F3/c1-2-17-7-13-23-20(15-17)9-10-21-16-19(8-14-24(21)23)4-3-18-5-11-22(12-6-18)25(26,27)28/h5-8,11-16H,2,9-10H2,1H3. The van der Waals surface area contributed by atoms with Gasteiger partial charge >= 0.3 is 6.18 Å². The largest absolute Gasteiger partial charge is 0.416 e. The van der Waals surface area contributed by atoms with Crippen LogP contribution in [0.25, 0.3) is 11.1 Å². The minimum Gasteiger partial charge on any atom is -0.166 e. The average Bonchev–Trinajstić information content (AvgIpc) is 2.71. The maximum Gasteiger partial charge on any atom is 0.416 e. The Balaban J connectivity index is 1.60. The smallest absolute Gasteiger partial charge is 0.166 e. The van der Waals surface area contributed by atoms with Gasteiger partial charge in [-0.05, 0) is 83.5 Å². The lowest BCUT2D eigenvalue weighted by Crippen LogP contribution is -2.05. The summed E-state index contributed by atoms with van der Waals surface area (Å²) in [5.74, 6) is 6.04. The zero-order valence-corrected chi connectivity index (χ0v) is 15.5. The quantitative estimate of drug-likeness (QED) is 0.429. The molecule has 0 saturated carbocycles. The molecule has 0 aliphatic heterocycles. The van der Waals surface area contributed by atoms with Crippen LogP contribution in [0.4, 0.5) is 13.2 Å². The second-order valence-electron chi connectivity index (χ2n) is 7.04. The van der Waals surface area contributed by atoms with E-state index in [1.54, 1.807) is 0 Å². The third-order valence-corrected chi connectivity index (χ3v) is 5.20. The van der Waals surface area contributed by atoms with E-state index in [0.717, 1.165) is 37.0 Å². The fourth-order valence-corrected chi connectivity index (χ4v) is 3.63. The van der Waals surface area contributed by atoms with Gasteiger partial charge in [0.15, 0.2) is 0 Å². The molecular formula is C25H19F3. The fraction of sp³-hybridized carbons (Fsp3) is 0.200. The van der Waals surface area contributed by atoms with Crippen molar-refractivity contribution in [2.75, 3.05) is 0 Å². The van der Waals surface area contributed by atoms with E-state index in [2.05, 4.69) is 49.1 Å². The van der Waals surface area contributed by atoms with E-state index in [1.165, 1.54) is 39.9 Å². The normalized spacial score (nSPS) is 12.6. The highest BCUT2D eigenvalue weighted by Gasteiger charge is 2.29. The van der Waals surface area contributed by atoms with Gasteiger partial charge in [0.05, 0.1) is 5.56 Å². The van der Waals surface area contributed by atoms with Gasteiger partial charge in [0, 0.05) is 11.1 Å². The molecule has 0 heterocycles. The summed E-state index contributed by atoms with van der Waals surface area (Å²) < 4.78 is 37.9. The van der Waals surface area contributed by atoms with Gasteiger partial charge in [0.2, 0.25) is 0 Å². The van der Waals surface area contributed by atoms with Crippen LogP contribution in [-0.4, -0.2) is 0 Å². The van der Waals surface area contributed by atoms with Crippen LogP contribution in [-0.2, 0) is 25.4 Å². The number of rotatable bonds is 1. The first-order valence-electron chi connectivity index (χ1n) is 9.38. The first-order chi connectivity index (χ1) is 13.4.